The van der Waals surface area contributed by atoms with Gasteiger partial charge >= 0.3 is 0 Å². The molecule has 32 heavy (non-hydrogen) atoms. The molecular formula is C22H19N7O3. The van der Waals surface area contributed by atoms with Crippen LogP contribution in [0.25, 0.3) is 10.8 Å². The predicted octanol–water partition coefficient (Wildman–Crippen LogP) is 1.49. The first-order valence-corrected chi connectivity index (χ1v) is 10.00. The van der Waals surface area contributed by atoms with E-state index >= 15 is 0 Å². The lowest BCUT2D eigenvalue weighted by Crippen LogP contribution is -2.49. The standard InChI is InChI=1S/C22H19N7O3/c1-29-19-15-11-24-23-10-14(15)7-8-17(19)32-12-16(22(29)31)25-21(30)20-26-18(27-28-20)9-13-5-3-2-4-6-13/h2-8,10-11,16H,9,12H2,1H3,(H,25,30)(H,26,27,28). The van der Waals surface area contributed by atoms with Crippen LogP contribution < -0.4 is 15.0 Å². The first-order valence-electron chi connectivity index (χ1n) is 10.00. The number of likely N-dealkylation sites (N-methyl/N-ethyl adjacent to an activating group) is 1. The lowest BCUT2D eigenvalue weighted by Gasteiger charge is -2.21. The van der Waals surface area contributed by atoms with Crippen molar-refractivity contribution >= 4 is 28.3 Å². The summed E-state index contributed by atoms with van der Waals surface area (Å²) in [7, 11) is 1.64. The number of aromatic amines is 1. The molecule has 2 amide bonds. The minimum atomic E-state index is -0.902. The van der Waals surface area contributed by atoms with Gasteiger partial charge in [-0.25, -0.2) is 4.98 Å². The number of fused-ring (bicyclic) bond motifs is 3. The third-order valence-corrected chi connectivity index (χ3v) is 5.29. The van der Waals surface area contributed by atoms with E-state index in [9.17, 15) is 9.59 Å². The van der Waals surface area contributed by atoms with Crippen LogP contribution in [0.4, 0.5) is 5.69 Å². The van der Waals surface area contributed by atoms with E-state index < -0.39 is 11.9 Å². The molecule has 1 aliphatic heterocycles. The first-order chi connectivity index (χ1) is 15.6. The number of hydrogen-bond donors (Lipinski definition) is 2. The van der Waals surface area contributed by atoms with E-state index in [1.54, 1.807) is 25.5 Å². The van der Waals surface area contributed by atoms with E-state index in [2.05, 4.69) is 30.7 Å². The Kier molecular flexibility index (Phi) is 4.94. The number of ether oxygens (including phenoxy) is 1. The van der Waals surface area contributed by atoms with Crippen molar-refractivity contribution in [3.8, 4) is 5.75 Å². The Bertz CT molecular complexity index is 1310. The summed E-state index contributed by atoms with van der Waals surface area (Å²) in [6, 6.07) is 12.4. The van der Waals surface area contributed by atoms with Gasteiger partial charge in [0.15, 0.2) is 0 Å². The van der Waals surface area contributed by atoms with E-state index in [-0.39, 0.29) is 18.3 Å². The smallest absolute Gasteiger partial charge is 0.291 e. The van der Waals surface area contributed by atoms with Crippen LogP contribution in [0.3, 0.4) is 0 Å². The largest absolute Gasteiger partial charge is 0.489 e. The van der Waals surface area contributed by atoms with E-state index in [4.69, 9.17) is 4.74 Å². The lowest BCUT2D eigenvalue weighted by molar-refractivity contribution is -0.120. The fourth-order valence-corrected chi connectivity index (χ4v) is 3.68. The van der Waals surface area contributed by atoms with Crippen molar-refractivity contribution in [2.24, 2.45) is 0 Å². The normalized spacial score (nSPS) is 15.7. The molecule has 2 aromatic carbocycles. The molecule has 1 atom stereocenters. The third-order valence-electron chi connectivity index (χ3n) is 5.29. The Morgan fingerprint density at radius 3 is 2.84 bits per heavy atom. The summed E-state index contributed by atoms with van der Waals surface area (Å²) in [6.45, 7) is -0.0206. The van der Waals surface area contributed by atoms with E-state index in [0.29, 0.717) is 23.7 Å². The number of anilines is 1. The van der Waals surface area contributed by atoms with Crippen LogP contribution in [0.5, 0.6) is 5.75 Å². The van der Waals surface area contributed by atoms with Gasteiger partial charge in [-0.05, 0) is 17.7 Å². The van der Waals surface area contributed by atoms with Gasteiger partial charge in [0.2, 0.25) is 5.82 Å². The minimum Gasteiger partial charge on any atom is -0.489 e. The molecule has 0 aliphatic carbocycles. The zero-order valence-electron chi connectivity index (χ0n) is 17.1. The number of amides is 2. The highest BCUT2D eigenvalue weighted by Crippen LogP contribution is 2.37. The summed E-state index contributed by atoms with van der Waals surface area (Å²) in [5.74, 6) is 0.177. The number of H-pyrrole nitrogens is 1. The number of nitrogens with one attached hydrogen (secondary N) is 2. The van der Waals surface area contributed by atoms with Gasteiger partial charge in [-0.15, -0.1) is 5.10 Å². The quantitative estimate of drug-likeness (QED) is 0.503. The van der Waals surface area contributed by atoms with Crippen molar-refractivity contribution < 1.29 is 14.3 Å². The molecule has 4 aromatic rings. The molecule has 0 spiro atoms. The topological polar surface area (TPSA) is 126 Å². The summed E-state index contributed by atoms with van der Waals surface area (Å²) < 4.78 is 5.86. The number of nitrogens with zero attached hydrogens (tertiary/aromatic N) is 5. The maximum atomic E-state index is 13.1. The molecular weight excluding hydrogens is 410 g/mol. The molecule has 10 nitrogen and oxygen atoms in total. The van der Waals surface area contributed by atoms with Gasteiger partial charge in [-0.3, -0.25) is 14.7 Å². The molecule has 0 saturated heterocycles. The number of rotatable bonds is 4. The van der Waals surface area contributed by atoms with Crippen molar-refractivity contribution in [3.05, 3.63) is 72.1 Å². The molecule has 0 saturated carbocycles. The summed E-state index contributed by atoms with van der Waals surface area (Å²) in [5.41, 5.74) is 1.63. The number of carbonyl (C=O) groups excluding carboxylic acids is 2. The van der Waals surface area contributed by atoms with E-state index in [0.717, 1.165) is 16.3 Å². The fourth-order valence-electron chi connectivity index (χ4n) is 3.68. The molecule has 0 bridgehead atoms. The third kappa shape index (κ3) is 3.62. The van der Waals surface area contributed by atoms with Crippen LogP contribution in [-0.2, 0) is 11.2 Å². The molecule has 5 rings (SSSR count). The second kappa shape index (κ2) is 8.06. The Labute approximate surface area is 182 Å². The van der Waals surface area contributed by atoms with Crippen molar-refractivity contribution in [2.75, 3.05) is 18.6 Å². The molecule has 0 fully saturated rings. The molecule has 3 heterocycles. The zero-order valence-corrected chi connectivity index (χ0v) is 17.1. The number of hydrogen-bond acceptors (Lipinski definition) is 7. The molecule has 2 aromatic heterocycles. The molecule has 160 valence electrons. The van der Waals surface area contributed by atoms with E-state index in [1.165, 1.54) is 4.90 Å². The number of aromatic nitrogens is 5. The highest BCUT2D eigenvalue weighted by Gasteiger charge is 2.32. The van der Waals surface area contributed by atoms with Crippen molar-refractivity contribution in [3.63, 3.8) is 0 Å². The summed E-state index contributed by atoms with van der Waals surface area (Å²) in [4.78, 5) is 31.6. The SMILES string of the molecule is CN1C(=O)C(NC(=O)c2n[nH]c(Cc3ccccc3)n2)COc2ccc3cnncc3c21. The van der Waals surface area contributed by atoms with Gasteiger partial charge in [0.1, 0.15) is 24.2 Å². The summed E-state index contributed by atoms with van der Waals surface area (Å²) in [6.07, 6.45) is 3.72. The average Bonchev–Trinajstić information content (AvgIpc) is 3.25. The van der Waals surface area contributed by atoms with Crippen LogP contribution in [0, 0.1) is 0 Å². The molecule has 0 radical (unpaired) electrons. The Morgan fingerprint density at radius 2 is 2.00 bits per heavy atom. The fraction of sp³-hybridized carbons (Fsp3) is 0.182. The van der Waals surface area contributed by atoms with Crippen molar-refractivity contribution in [1.29, 1.82) is 0 Å². The molecule has 1 aliphatic rings. The van der Waals surface area contributed by atoms with Crippen molar-refractivity contribution in [2.45, 2.75) is 12.5 Å². The van der Waals surface area contributed by atoms with Crippen LogP contribution in [0.1, 0.15) is 22.0 Å². The van der Waals surface area contributed by atoms with Gasteiger partial charge in [0.25, 0.3) is 11.8 Å². The summed E-state index contributed by atoms with van der Waals surface area (Å²) >= 11 is 0. The van der Waals surface area contributed by atoms with Crippen LogP contribution in [-0.4, -0.2) is 56.9 Å². The van der Waals surface area contributed by atoms with Crippen molar-refractivity contribution in [1.82, 2.24) is 30.7 Å². The predicted molar refractivity (Wildman–Crippen MR) is 115 cm³/mol. The maximum absolute atomic E-state index is 13.1. The lowest BCUT2D eigenvalue weighted by atomic mass is 10.1. The van der Waals surface area contributed by atoms with Crippen LogP contribution in [0.2, 0.25) is 0 Å². The van der Waals surface area contributed by atoms with Crippen LogP contribution >= 0.6 is 0 Å². The molecule has 1 unspecified atom stereocenters. The maximum Gasteiger partial charge on any atom is 0.291 e. The number of carbonyl (C=O) groups is 2. The summed E-state index contributed by atoms with van der Waals surface area (Å²) in [5, 5.41) is 18.8. The molecule has 10 heteroatoms. The minimum absolute atomic E-state index is 0.0206. The van der Waals surface area contributed by atoms with Gasteiger partial charge in [-0.1, -0.05) is 30.3 Å². The second-order valence-corrected chi connectivity index (χ2v) is 7.41. The Balaban J connectivity index is 1.33. The monoisotopic (exact) mass is 429 g/mol. The first kappa shape index (κ1) is 19.6. The highest BCUT2D eigenvalue weighted by atomic mass is 16.5. The van der Waals surface area contributed by atoms with Gasteiger partial charge in [0.05, 0.1) is 18.1 Å². The molecule has 2 N–H and O–H groups in total. The second-order valence-electron chi connectivity index (χ2n) is 7.41. The Hall–Kier alpha value is -4.34. The highest BCUT2D eigenvalue weighted by molar-refractivity contribution is 6.08. The van der Waals surface area contributed by atoms with E-state index in [1.807, 2.05) is 36.4 Å². The van der Waals surface area contributed by atoms with Gasteiger partial charge < -0.3 is 15.0 Å². The van der Waals surface area contributed by atoms with Crippen LogP contribution in [0.15, 0.2) is 54.9 Å². The van der Waals surface area contributed by atoms with Gasteiger partial charge in [-0.2, -0.15) is 10.2 Å². The Morgan fingerprint density at radius 1 is 1.19 bits per heavy atom. The average molecular weight is 429 g/mol. The number of benzene rings is 2. The zero-order chi connectivity index (χ0) is 22.1. The van der Waals surface area contributed by atoms with Gasteiger partial charge in [0, 0.05) is 24.2 Å².